The van der Waals surface area contributed by atoms with Crippen molar-refractivity contribution in [3.05, 3.63) is 29.8 Å². The number of para-hydroxylation sites is 1. The van der Waals surface area contributed by atoms with Crippen molar-refractivity contribution in [2.45, 2.75) is 32.9 Å². The lowest BCUT2D eigenvalue weighted by Crippen LogP contribution is -2.27. The van der Waals surface area contributed by atoms with Gasteiger partial charge in [-0.1, -0.05) is 25.1 Å². The van der Waals surface area contributed by atoms with Gasteiger partial charge in [0.05, 0.1) is 12.6 Å². The lowest BCUT2D eigenvalue weighted by Gasteiger charge is -2.21. The standard InChI is InChI=1S/C14H21F2NO2/c1-3-9-17-12(10-18-4-2)11-7-5-6-8-13(11)19-14(15)16/h5-8,12,14,17H,3-4,9-10H2,1-2H3. The van der Waals surface area contributed by atoms with Crippen molar-refractivity contribution < 1.29 is 18.3 Å². The summed E-state index contributed by atoms with van der Waals surface area (Å²) in [5, 5.41) is 3.28. The van der Waals surface area contributed by atoms with Crippen LogP contribution in [0.25, 0.3) is 0 Å². The molecule has 1 N–H and O–H groups in total. The molecule has 1 unspecified atom stereocenters. The predicted molar refractivity (Wildman–Crippen MR) is 70.6 cm³/mol. The molecular formula is C14H21F2NO2. The summed E-state index contributed by atoms with van der Waals surface area (Å²) in [4.78, 5) is 0. The van der Waals surface area contributed by atoms with Crippen molar-refractivity contribution >= 4 is 0 Å². The number of halogens is 2. The minimum Gasteiger partial charge on any atom is -0.434 e. The number of nitrogens with one attached hydrogen (secondary N) is 1. The van der Waals surface area contributed by atoms with Crippen LogP contribution in [0.3, 0.4) is 0 Å². The average Bonchev–Trinajstić information content (AvgIpc) is 2.39. The van der Waals surface area contributed by atoms with E-state index in [1.807, 2.05) is 13.8 Å². The fourth-order valence-corrected chi connectivity index (χ4v) is 1.78. The van der Waals surface area contributed by atoms with Crippen LogP contribution >= 0.6 is 0 Å². The Labute approximate surface area is 112 Å². The summed E-state index contributed by atoms with van der Waals surface area (Å²) in [5.74, 6) is 0.200. The van der Waals surface area contributed by atoms with Crippen LogP contribution < -0.4 is 10.1 Å². The third kappa shape index (κ3) is 5.53. The molecule has 0 spiro atoms. The van der Waals surface area contributed by atoms with Crippen molar-refractivity contribution in [2.75, 3.05) is 19.8 Å². The van der Waals surface area contributed by atoms with Gasteiger partial charge in [-0.3, -0.25) is 0 Å². The van der Waals surface area contributed by atoms with E-state index < -0.39 is 6.61 Å². The molecule has 1 rings (SSSR count). The maximum atomic E-state index is 12.4. The molecule has 5 heteroatoms. The van der Waals surface area contributed by atoms with Crippen LogP contribution in [0.5, 0.6) is 5.75 Å². The van der Waals surface area contributed by atoms with Crippen LogP contribution in [0.15, 0.2) is 24.3 Å². The fraction of sp³-hybridized carbons (Fsp3) is 0.571. The second-order valence-electron chi connectivity index (χ2n) is 4.08. The highest BCUT2D eigenvalue weighted by molar-refractivity contribution is 5.36. The van der Waals surface area contributed by atoms with Gasteiger partial charge in [0.25, 0.3) is 0 Å². The molecule has 3 nitrogen and oxygen atoms in total. The van der Waals surface area contributed by atoms with E-state index in [0.717, 1.165) is 13.0 Å². The third-order valence-electron chi connectivity index (χ3n) is 2.64. The molecule has 0 aliphatic heterocycles. The highest BCUT2D eigenvalue weighted by Gasteiger charge is 2.17. The van der Waals surface area contributed by atoms with E-state index >= 15 is 0 Å². The van der Waals surface area contributed by atoms with E-state index in [0.29, 0.717) is 18.8 Å². The van der Waals surface area contributed by atoms with Crippen molar-refractivity contribution in [2.24, 2.45) is 0 Å². The molecule has 19 heavy (non-hydrogen) atoms. The van der Waals surface area contributed by atoms with Crippen molar-refractivity contribution in [1.82, 2.24) is 5.32 Å². The Morgan fingerprint density at radius 1 is 1.21 bits per heavy atom. The molecule has 0 aliphatic rings. The van der Waals surface area contributed by atoms with E-state index in [1.54, 1.807) is 24.3 Å². The van der Waals surface area contributed by atoms with Crippen LogP contribution in [0, 0.1) is 0 Å². The van der Waals surface area contributed by atoms with Crippen LogP contribution in [0.1, 0.15) is 31.9 Å². The molecule has 0 saturated heterocycles. The first kappa shape index (κ1) is 15.9. The van der Waals surface area contributed by atoms with Crippen LogP contribution in [0.4, 0.5) is 8.78 Å². The topological polar surface area (TPSA) is 30.5 Å². The summed E-state index contributed by atoms with van der Waals surface area (Å²) < 4.78 is 34.7. The van der Waals surface area contributed by atoms with Gasteiger partial charge < -0.3 is 14.8 Å². The lowest BCUT2D eigenvalue weighted by molar-refractivity contribution is -0.0510. The molecule has 1 atom stereocenters. The minimum absolute atomic E-state index is 0.144. The fourth-order valence-electron chi connectivity index (χ4n) is 1.78. The lowest BCUT2D eigenvalue weighted by atomic mass is 10.1. The van der Waals surface area contributed by atoms with E-state index in [-0.39, 0.29) is 11.8 Å². The summed E-state index contributed by atoms with van der Waals surface area (Å²) in [6.45, 7) is 2.94. The zero-order valence-corrected chi connectivity index (χ0v) is 11.4. The Kier molecular flexibility index (Phi) is 7.36. The minimum atomic E-state index is -2.82. The molecule has 108 valence electrons. The van der Waals surface area contributed by atoms with Crippen molar-refractivity contribution in [3.63, 3.8) is 0 Å². The molecule has 0 bridgehead atoms. The normalized spacial score (nSPS) is 12.7. The van der Waals surface area contributed by atoms with Crippen LogP contribution in [-0.4, -0.2) is 26.4 Å². The number of ether oxygens (including phenoxy) is 2. The largest absolute Gasteiger partial charge is 0.434 e. The molecule has 0 aliphatic carbocycles. The highest BCUT2D eigenvalue weighted by atomic mass is 19.3. The van der Waals surface area contributed by atoms with Gasteiger partial charge in [-0.15, -0.1) is 0 Å². The molecule has 0 heterocycles. The van der Waals surface area contributed by atoms with Crippen molar-refractivity contribution in [3.8, 4) is 5.75 Å². The van der Waals surface area contributed by atoms with Gasteiger partial charge in [-0.25, -0.2) is 0 Å². The number of hydrogen-bond donors (Lipinski definition) is 1. The molecule has 0 saturated carbocycles. The molecule has 0 fully saturated rings. The van der Waals surface area contributed by atoms with Gasteiger partial charge in [0.2, 0.25) is 0 Å². The third-order valence-corrected chi connectivity index (χ3v) is 2.64. The van der Waals surface area contributed by atoms with Gasteiger partial charge >= 0.3 is 6.61 Å². The number of alkyl halides is 2. The number of rotatable bonds is 9. The van der Waals surface area contributed by atoms with Gasteiger partial charge in [0.1, 0.15) is 5.75 Å². The second-order valence-corrected chi connectivity index (χ2v) is 4.08. The van der Waals surface area contributed by atoms with Crippen LogP contribution in [0.2, 0.25) is 0 Å². The van der Waals surface area contributed by atoms with E-state index in [4.69, 9.17) is 4.74 Å². The average molecular weight is 273 g/mol. The van der Waals surface area contributed by atoms with E-state index in [2.05, 4.69) is 10.1 Å². The second kappa shape index (κ2) is 8.82. The predicted octanol–water partition coefficient (Wildman–Crippen LogP) is 3.37. The van der Waals surface area contributed by atoms with Crippen molar-refractivity contribution in [1.29, 1.82) is 0 Å². The van der Waals surface area contributed by atoms with Gasteiger partial charge in [-0.2, -0.15) is 8.78 Å². The summed E-state index contributed by atoms with van der Waals surface area (Å²) in [7, 11) is 0. The van der Waals surface area contributed by atoms with E-state index in [9.17, 15) is 8.78 Å². The SMILES string of the molecule is CCCNC(COCC)c1ccccc1OC(F)F. The molecule has 1 aromatic rings. The maximum absolute atomic E-state index is 12.4. The Morgan fingerprint density at radius 3 is 2.58 bits per heavy atom. The quantitative estimate of drug-likeness (QED) is 0.748. The summed E-state index contributed by atoms with van der Waals surface area (Å²) in [5.41, 5.74) is 0.699. The van der Waals surface area contributed by atoms with Gasteiger partial charge in [-0.05, 0) is 26.0 Å². The Morgan fingerprint density at radius 2 is 1.95 bits per heavy atom. The smallest absolute Gasteiger partial charge is 0.387 e. The first-order chi connectivity index (χ1) is 9.19. The zero-order valence-electron chi connectivity index (χ0n) is 11.4. The first-order valence-electron chi connectivity index (χ1n) is 6.53. The monoisotopic (exact) mass is 273 g/mol. The van der Waals surface area contributed by atoms with Gasteiger partial charge in [0, 0.05) is 12.2 Å². The summed E-state index contributed by atoms with van der Waals surface area (Å²) in [6.07, 6.45) is 0.959. The van der Waals surface area contributed by atoms with Gasteiger partial charge in [0.15, 0.2) is 0 Å². The number of hydrogen-bond acceptors (Lipinski definition) is 3. The van der Waals surface area contributed by atoms with E-state index in [1.165, 1.54) is 0 Å². The highest BCUT2D eigenvalue weighted by Crippen LogP contribution is 2.26. The maximum Gasteiger partial charge on any atom is 0.387 e. The molecule has 1 aromatic carbocycles. The molecule has 0 aromatic heterocycles. The molecule has 0 amide bonds. The summed E-state index contributed by atoms with van der Waals surface area (Å²) in [6, 6.07) is 6.67. The molecule has 0 radical (unpaired) electrons. The van der Waals surface area contributed by atoms with Crippen LogP contribution in [-0.2, 0) is 4.74 Å². The first-order valence-corrected chi connectivity index (χ1v) is 6.53. The Bertz CT molecular complexity index is 353. The molecular weight excluding hydrogens is 252 g/mol. The summed E-state index contributed by atoms with van der Waals surface area (Å²) >= 11 is 0. The zero-order chi connectivity index (χ0) is 14.1. The Balaban J connectivity index is 2.85. The number of benzene rings is 1. The Hall–Kier alpha value is -1.20.